The van der Waals surface area contributed by atoms with Crippen LogP contribution in [0.25, 0.3) is 0 Å². The fourth-order valence-corrected chi connectivity index (χ4v) is 2.71. The normalized spacial score (nSPS) is 10.1. The second kappa shape index (κ2) is 6.90. The van der Waals surface area contributed by atoms with E-state index < -0.39 is 5.97 Å². The molecule has 0 atom stereocenters. The number of anilines is 1. The summed E-state index contributed by atoms with van der Waals surface area (Å²) >= 11 is 1.60. The number of carboxylic acids is 1. The van der Waals surface area contributed by atoms with E-state index in [1.807, 2.05) is 17.7 Å². The third-order valence-electron chi connectivity index (χ3n) is 2.94. The molecule has 0 aliphatic rings. The van der Waals surface area contributed by atoms with Crippen LogP contribution in [0.2, 0.25) is 0 Å². The summed E-state index contributed by atoms with van der Waals surface area (Å²) in [6.45, 7) is 2.47. The molecule has 0 saturated heterocycles. The van der Waals surface area contributed by atoms with Gasteiger partial charge in [0.15, 0.2) is 0 Å². The van der Waals surface area contributed by atoms with Crippen LogP contribution < -0.4 is 10.6 Å². The molecule has 6 heteroatoms. The summed E-state index contributed by atoms with van der Waals surface area (Å²) in [5.74, 6) is -0.899. The monoisotopic (exact) mass is 304 g/mol. The van der Waals surface area contributed by atoms with Crippen molar-refractivity contribution >= 4 is 29.0 Å². The molecular weight excluding hydrogens is 288 g/mol. The van der Waals surface area contributed by atoms with Crippen molar-refractivity contribution in [3.63, 3.8) is 0 Å². The molecule has 1 heterocycles. The lowest BCUT2D eigenvalue weighted by molar-refractivity contribution is -0.136. The molecule has 0 radical (unpaired) electrons. The van der Waals surface area contributed by atoms with Gasteiger partial charge >= 0.3 is 12.0 Å². The topological polar surface area (TPSA) is 78.4 Å². The van der Waals surface area contributed by atoms with Crippen molar-refractivity contribution in [2.45, 2.75) is 19.9 Å². The highest BCUT2D eigenvalue weighted by Gasteiger charge is 2.06. The second-order valence-corrected chi connectivity index (χ2v) is 5.40. The van der Waals surface area contributed by atoms with Crippen LogP contribution >= 0.6 is 11.3 Å². The first-order chi connectivity index (χ1) is 10.0. The zero-order valence-electron chi connectivity index (χ0n) is 11.6. The molecule has 1 aromatic heterocycles. The van der Waals surface area contributed by atoms with E-state index in [1.165, 1.54) is 0 Å². The smallest absolute Gasteiger partial charge is 0.319 e. The summed E-state index contributed by atoms with van der Waals surface area (Å²) in [6.07, 6.45) is -0.0642. The van der Waals surface area contributed by atoms with Gasteiger partial charge in [-0.1, -0.05) is 12.1 Å². The molecule has 21 heavy (non-hydrogen) atoms. The van der Waals surface area contributed by atoms with Gasteiger partial charge in [-0.15, -0.1) is 0 Å². The molecule has 0 spiro atoms. The number of aliphatic carboxylic acids is 1. The molecule has 2 amide bonds. The maximum absolute atomic E-state index is 11.8. The van der Waals surface area contributed by atoms with E-state index in [1.54, 1.807) is 35.6 Å². The number of thiophene rings is 1. The zero-order chi connectivity index (χ0) is 15.2. The van der Waals surface area contributed by atoms with Gasteiger partial charge in [-0.05, 0) is 46.5 Å². The van der Waals surface area contributed by atoms with E-state index in [9.17, 15) is 9.59 Å². The fraction of sp³-hybridized carbons (Fsp3) is 0.200. The average molecular weight is 304 g/mol. The number of amides is 2. The van der Waals surface area contributed by atoms with Gasteiger partial charge < -0.3 is 15.7 Å². The molecule has 0 aliphatic carbocycles. The highest BCUT2D eigenvalue weighted by molar-refractivity contribution is 7.08. The summed E-state index contributed by atoms with van der Waals surface area (Å²) in [6, 6.07) is 6.50. The van der Waals surface area contributed by atoms with Crippen LogP contribution in [0.15, 0.2) is 35.0 Å². The Bertz CT molecular complexity index is 652. The van der Waals surface area contributed by atoms with Gasteiger partial charge in [0.25, 0.3) is 0 Å². The summed E-state index contributed by atoms with van der Waals surface area (Å²) in [4.78, 5) is 22.5. The first kappa shape index (κ1) is 15.1. The van der Waals surface area contributed by atoms with E-state index in [-0.39, 0.29) is 12.5 Å². The second-order valence-electron chi connectivity index (χ2n) is 4.66. The predicted molar refractivity (Wildman–Crippen MR) is 82.7 cm³/mol. The van der Waals surface area contributed by atoms with E-state index in [2.05, 4.69) is 10.6 Å². The van der Waals surface area contributed by atoms with Crippen LogP contribution in [-0.4, -0.2) is 17.1 Å². The third kappa shape index (κ3) is 4.61. The van der Waals surface area contributed by atoms with Crippen molar-refractivity contribution in [1.29, 1.82) is 0 Å². The minimum atomic E-state index is -0.899. The number of aryl methyl sites for hydroxylation is 1. The fourth-order valence-electron chi connectivity index (χ4n) is 1.85. The van der Waals surface area contributed by atoms with Crippen LogP contribution in [0.3, 0.4) is 0 Å². The van der Waals surface area contributed by atoms with Crippen LogP contribution in [0.4, 0.5) is 10.5 Å². The Hall–Kier alpha value is -2.34. The molecule has 3 N–H and O–H groups in total. The largest absolute Gasteiger partial charge is 0.481 e. The third-order valence-corrected chi connectivity index (χ3v) is 3.85. The quantitative estimate of drug-likeness (QED) is 0.794. The van der Waals surface area contributed by atoms with Crippen molar-refractivity contribution in [1.82, 2.24) is 5.32 Å². The molecule has 2 rings (SSSR count). The van der Waals surface area contributed by atoms with Crippen molar-refractivity contribution in [2.24, 2.45) is 0 Å². The number of hydrogen-bond acceptors (Lipinski definition) is 3. The lowest BCUT2D eigenvalue weighted by atomic mass is 10.1. The van der Waals surface area contributed by atoms with Crippen LogP contribution in [0.5, 0.6) is 0 Å². The highest BCUT2D eigenvalue weighted by Crippen LogP contribution is 2.14. The van der Waals surface area contributed by atoms with E-state index >= 15 is 0 Å². The SMILES string of the molecule is Cc1cscc1CNC(=O)Nc1cccc(CC(=O)O)c1. The highest BCUT2D eigenvalue weighted by atomic mass is 32.1. The molecule has 0 fully saturated rings. The van der Waals surface area contributed by atoms with Crippen molar-refractivity contribution < 1.29 is 14.7 Å². The lowest BCUT2D eigenvalue weighted by Crippen LogP contribution is -2.28. The Morgan fingerprint density at radius 2 is 2.10 bits per heavy atom. The van der Waals surface area contributed by atoms with Gasteiger partial charge in [0.1, 0.15) is 0 Å². The van der Waals surface area contributed by atoms with Gasteiger partial charge in [-0.2, -0.15) is 11.3 Å². The molecular formula is C15H16N2O3S. The van der Waals surface area contributed by atoms with Crippen LogP contribution in [-0.2, 0) is 17.8 Å². The number of carbonyl (C=O) groups excluding carboxylic acids is 1. The zero-order valence-corrected chi connectivity index (χ0v) is 12.4. The number of carboxylic acid groups (broad SMARTS) is 1. The van der Waals surface area contributed by atoms with E-state index in [0.29, 0.717) is 17.8 Å². The summed E-state index contributed by atoms with van der Waals surface area (Å²) in [5, 5.41) is 18.3. The number of benzene rings is 1. The number of carbonyl (C=O) groups is 2. The maximum Gasteiger partial charge on any atom is 0.319 e. The van der Waals surface area contributed by atoms with Gasteiger partial charge in [0.05, 0.1) is 6.42 Å². The van der Waals surface area contributed by atoms with Crippen molar-refractivity contribution in [2.75, 3.05) is 5.32 Å². The maximum atomic E-state index is 11.8. The minimum absolute atomic E-state index is 0.0642. The number of urea groups is 1. The van der Waals surface area contributed by atoms with Crippen LogP contribution in [0, 0.1) is 6.92 Å². The molecule has 2 aromatic rings. The molecule has 0 aliphatic heterocycles. The Morgan fingerprint density at radius 3 is 2.76 bits per heavy atom. The van der Waals surface area contributed by atoms with Crippen molar-refractivity contribution in [3.05, 3.63) is 51.7 Å². The van der Waals surface area contributed by atoms with E-state index in [4.69, 9.17) is 5.11 Å². The molecule has 0 bridgehead atoms. The Morgan fingerprint density at radius 1 is 1.29 bits per heavy atom. The van der Waals surface area contributed by atoms with Gasteiger partial charge in [0.2, 0.25) is 0 Å². The molecule has 1 aromatic carbocycles. The molecule has 0 unspecified atom stereocenters. The lowest BCUT2D eigenvalue weighted by Gasteiger charge is -2.08. The average Bonchev–Trinajstić information content (AvgIpc) is 2.81. The summed E-state index contributed by atoms with van der Waals surface area (Å²) in [7, 11) is 0. The summed E-state index contributed by atoms with van der Waals surface area (Å²) in [5.41, 5.74) is 3.47. The van der Waals surface area contributed by atoms with Crippen molar-refractivity contribution in [3.8, 4) is 0 Å². The first-order valence-electron chi connectivity index (χ1n) is 6.42. The van der Waals surface area contributed by atoms with Gasteiger partial charge in [-0.25, -0.2) is 4.79 Å². The molecule has 5 nitrogen and oxygen atoms in total. The number of hydrogen-bond donors (Lipinski definition) is 3. The Kier molecular flexibility index (Phi) is 4.94. The first-order valence-corrected chi connectivity index (χ1v) is 7.36. The minimum Gasteiger partial charge on any atom is -0.481 e. The number of rotatable bonds is 5. The Balaban J connectivity index is 1.90. The summed E-state index contributed by atoms with van der Waals surface area (Å²) < 4.78 is 0. The Labute approximate surface area is 126 Å². The van der Waals surface area contributed by atoms with E-state index in [0.717, 1.165) is 11.1 Å². The number of nitrogens with one attached hydrogen (secondary N) is 2. The molecule has 0 saturated carbocycles. The van der Waals surface area contributed by atoms with Gasteiger partial charge in [-0.3, -0.25) is 4.79 Å². The van der Waals surface area contributed by atoms with Crippen LogP contribution in [0.1, 0.15) is 16.7 Å². The molecule has 110 valence electrons. The van der Waals surface area contributed by atoms with Gasteiger partial charge in [0, 0.05) is 12.2 Å². The standard InChI is InChI=1S/C15H16N2O3S/c1-10-8-21-9-12(10)7-16-15(20)17-13-4-2-3-11(5-13)6-14(18)19/h2-5,8-9H,6-7H2,1H3,(H,18,19)(H2,16,17,20). The predicted octanol–water partition coefficient (Wildman–Crippen LogP) is 3.01.